The topological polar surface area (TPSA) is 101 Å². The number of carbonyl (C=O) groups is 3. The minimum absolute atomic E-state index is 0.0230. The third-order valence-electron chi connectivity index (χ3n) is 8.29. The Morgan fingerprint density at radius 1 is 1.26 bits per heavy atom. The summed E-state index contributed by atoms with van der Waals surface area (Å²) >= 11 is 0. The molecular formula is C25H32O6. The molecule has 5 atom stereocenters. The standard InChI is InChI=1S/C25H32O6/c1-4-5-21(29)31-14-20(28)25(30)11-9-18-17-7-6-15-12-16(26)8-10-23(15,2)22(17)19(27)13-24(18,25)3/h8,10,12,18-19,27,30H,4-7,9,11,13-14H2,1-3H3/t18-,19?,23-,24-,25-/m0/s1. The van der Waals surface area contributed by atoms with E-state index in [0.29, 0.717) is 19.3 Å². The van der Waals surface area contributed by atoms with Crippen molar-refractivity contribution >= 4 is 17.5 Å². The molecule has 168 valence electrons. The Balaban J connectivity index is 1.66. The summed E-state index contributed by atoms with van der Waals surface area (Å²) in [5.41, 5.74) is 0.106. The maximum Gasteiger partial charge on any atom is 0.306 e. The van der Waals surface area contributed by atoms with Gasteiger partial charge in [-0.3, -0.25) is 14.4 Å². The summed E-state index contributed by atoms with van der Waals surface area (Å²) in [7, 11) is 0. The minimum atomic E-state index is -1.64. The predicted octanol–water partition coefficient (Wildman–Crippen LogP) is 2.97. The largest absolute Gasteiger partial charge is 0.458 e. The van der Waals surface area contributed by atoms with Crippen LogP contribution in [0.3, 0.4) is 0 Å². The van der Waals surface area contributed by atoms with Gasteiger partial charge in [0.1, 0.15) is 5.60 Å². The quantitative estimate of drug-likeness (QED) is 0.516. The van der Waals surface area contributed by atoms with E-state index in [1.807, 2.05) is 26.8 Å². The molecule has 0 bridgehead atoms. The average Bonchev–Trinajstić information content (AvgIpc) is 2.98. The second kappa shape index (κ2) is 7.52. The van der Waals surface area contributed by atoms with E-state index in [1.54, 1.807) is 12.2 Å². The van der Waals surface area contributed by atoms with Crippen LogP contribution in [-0.4, -0.2) is 46.1 Å². The molecule has 1 unspecified atom stereocenters. The molecule has 0 radical (unpaired) electrons. The van der Waals surface area contributed by atoms with Gasteiger partial charge in [-0.1, -0.05) is 31.1 Å². The second-order valence-corrected chi connectivity index (χ2v) is 9.97. The van der Waals surface area contributed by atoms with Gasteiger partial charge >= 0.3 is 5.97 Å². The summed E-state index contributed by atoms with van der Waals surface area (Å²) in [4.78, 5) is 36.7. The van der Waals surface area contributed by atoms with Crippen LogP contribution in [0.2, 0.25) is 0 Å². The van der Waals surface area contributed by atoms with Crippen molar-refractivity contribution in [3.05, 3.63) is 34.9 Å². The number of allylic oxidation sites excluding steroid dienone is 5. The van der Waals surface area contributed by atoms with Gasteiger partial charge in [0.25, 0.3) is 0 Å². The molecule has 2 N–H and O–H groups in total. The molecule has 0 saturated heterocycles. The molecule has 4 aliphatic carbocycles. The molecule has 0 aromatic rings. The normalized spacial score (nSPS) is 38.9. The van der Waals surface area contributed by atoms with E-state index in [2.05, 4.69) is 0 Å². The number of carbonyl (C=O) groups excluding carboxylic acids is 3. The van der Waals surface area contributed by atoms with Crippen molar-refractivity contribution in [1.29, 1.82) is 0 Å². The molecule has 0 spiro atoms. The monoisotopic (exact) mass is 428 g/mol. The zero-order valence-corrected chi connectivity index (χ0v) is 18.6. The summed E-state index contributed by atoms with van der Waals surface area (Å²) in [5, 5.41) is 22.8. The number of esters is 1. The molecule has 1 saturated carbocycles. The van der Waals surface area contributed by atoms with Crippen LogP contribution in [0.15, 0.2) is 34.9 Å². The molecule has 6 heteroatoms. The first kappa shape index (κ1) is 22.2. The zero-order chi connectivity index (χ0) is 22.6. The molecule has 6 nitrogen and oxygen atoms in total. The summed E-state index contributed by atoms with van der Waals surface area (Å²) in [6, 6.07) is 0. The first-order valence-electron chi connectivity index (χ1n) is 11.3. The van der Waals surface area contributed by atoms with Gasteiger partial charge in [0.15, 0.2) is 12.4 Å². The number of hydrogen-bond donors (Lipinski definition) is 2. The minimum Gasteiger partial charge on any atom is -0.458 e. The first-order valence-corrected chi connectivity index (χ1v) is 11.3. The Bertz CT molecular complexity index is 926. The number of ether oxygens (including phenoxy) is 1. The highest BCUT2D eigenvalue weighted by Gasteiger charge is 2.65. The van der Waals surface area contributed by atoms with Crippen LogP contribution < -0.4 is 0 Å². The Morgan fingerprint density at radius 2 is 2.00 bits per heavy atom. The highest BCUT2D eigenvalue weighted by atomic mass is 16.5. The summed E-state index contributed by atoms with van der Waals surface area (Å²) in [6.45, 7) is 5.35. The van der Waals surface area contributed by atoms with Crippen LogP contribution in [0, 0.1) is 16.7 Å². The SMILES string of the molecule is CCCC(=O)OCC(=O)[C@@]1(O)CC[C@H]2C3=C(C(O)C[C@@]21C)[C@@]1(C)C=CC(=O)C=C1CC3. The molecule has 0 heterocycles. The number of rotatable bonds is 5. The molecule has 4 aliphatic rings. The van der Waals surface area contributed by atoms with Crippen LogP contribution in [0.1, 0.15) is 65.7 Å². The van der Waals surface area contributed by atoms with Crippen LogP contribution in [0.5, 0.6) is 0 Å². The number of ketones is 2. The fraction of sp³-hybridized carbons (Fsp3) is 0.640. The summed E-state index contributed by atoms with van der Waals surface area (Å²) < 4.78 is 5.11. The predicted molar refractivity (Wildman–Crippen MR) is 114 cm³/mol. The van der Waals surface area contributed by atoms with Crippen molar-refractivity contribution in [3.8, 4) is 0 Å². The number of aliphatic hydroxyl groups is 2. The van der Waals surface area contributed by atoms with Crippen molar-refractivity contribution < 1.29 is 29.3 Å². The fourth-order valence-corrected chi connectivity index (χ4v) is 6.60. The maximum absolute atomic E-state index is 13.0. The Kier molecular flexibility index (Phi) is 5.38. The lowest BCUT2D eigenvalue weighted by Gasteiger charge is -2.53. The molecular weight excluding hydrogens is 396 g/mol. The molecule has 4 rings (SSSR count). The highest BCUT2D eigenvalue weighted by Crippen LogP contribution is 2.64. The van der Waals surface area contributed by atoms with E-state index < -0.39 is 40.9 Å². The van der Waals surface area contributed by atoms with Crippen molar-refractivity contribution in [2.45, 2.75) is 77.4 Å². The molecule has 0 aliphatic heterocycles. The third kappa shape index (κ3) is 3.18. The maximum atomic E-state index is 13.0. The van der Waals surface area contributed by atoms with Gasteiger partial charge in [0.2, 0.25) is 5.78 Å². The van der Waals surface area contributed by atoms with Crippen LogP contribution in [0.25, 0.3) is 0 Å². The van der Waals surface area contributed by atoms with E-state index in [0.717, 1.165) is 23.1 Å². The molecule has 0 aromatic heterocycles. The van der Waals surface area contributed by atoms with Crippen molar-refractivity contribution in [1.82, 2.24) is 0 Å². The number of fused-ring (bicyclic) bond motifs is 4. The smallest absolute Gasteiger partial charge is 0.306 e. The zero-order valence-electron chi connectivity index (χ0n) is 18.6. The molecule has 31 heavy (non-hydrogen) atoms. The molecule has 0 amide bonds. The van der Waals surface area contributed by atoms with E-state index in [-0.39, 0.29) is 31.0 Å². The number of aliphatic hydroxyl groups excluding tert-OH is 1. The lowest BCUT2D eigenvalue weighted by molar-refractivity contribution is -0.164. The highest BCUT2D eigenvalue weighted by molar-refractivity contribution is 6.01. The first-order chi connectivity index (χ1) is 14.6. The molecule has 1 fully saturated rings. The summed E-state index contributed by atoms with van der Waals surface area (Å²) in [5.74, 6) is -0.976. The number of hydrogen-bond acceptors (Lipinski definition) is 6. The fourth-order valence-electron chi connectivity index (χ4n) is 6.60. The van der Waals surface area contributed by atoms with E-state index in [9.17, 15) is 24.6 Å². The van der Waals surface area contributed by atoms with Crippen LogP contribution in [0.4, 0.5) is 0 Å². The van der Waals surface area contributed by atoms with Gasteiger partial charge in [0.05, 0.1) is 6.10 Å². The van der Waals surface area contributed by atoms with E-state index >= 15 is 0 Å². The Labute approximate surface area is 183 Å². The Hall–Kier alpha value is -2.05. The lowest BCUT2D eigenvalue weighted by Crippen LogP contribution is -2.57. The van der Waals surface area contributed by atoms with Crippen LogP contribution >= 0.6 is 0 Å². The van der Waals surface area contributed by atoms with Gasteiger partial charge in [-0.2, -0.15) is 0 Å². The average molecular weight is 429 g/mol. The van der Waals surface area contributed by atoms with E-state index in [4.69, 9.17) is 4.74 Å². The van der Waals surface area contributed by atoms with Gasteiger partial charge in [-0.15, -0.1) is 0 Å². The van der Waals surface area contributed by atoms with Gasteiger partial charge in [-0.25, -0.2) is 0 Å². The lowest BCUT2D eigenvalue weighted by atomic mass is 9.53. The summed E-state index contributed by atoms with van der Waals surface area (Å²) in [6.07, 6.45) is 7.83. The van der Waals surface area contributed by atoms with Crippen molar-refractivity contribution in [2.75, 3.05) is 6.61 Å². The van der Waals surface area contributed by atoms with E-state index in [1.165, 1.54) is 0 Å². The molecule has 0 aromatic carbocycles. The third-order valence-corrected chi connectivity index (χ3v) is 8.29. The van der Waals surface area contributed by atoms with Crippen LogP contribution in [-0.2, 0) is 19.1 Å². The van der Waals surface area contributed by atoms with Crippen molar-refractivity contribution in [2.24, 2.45) is 16.7 Å². The Morgan fingerprint density at radius 3 is 2.71 bits per heavy atom. The van der Waals surface area contributed by atoms with Crippen molar-refractivity contribution in [3.63, 3.8) is 0 Å². The van der Waals surface area contributed by atoms with Gasteiger partial charge < -0.3 is 14.9 Å². The number of Topliss-reactive ketones (excluding diaryl/α,β-unsaturated/α-hetero) is 1. The van der Waals surface area contributed by atoms with Gasteiger partial charge in [0, 0.05) is 17.3 Å². The van der Waals surface area contributed by atoms with Gasteiger partial charge in [-0.05, 0) is 69.1 Å². The second-order valence-electron chi connectivity index (χ2n) is 9.97.